The van der Waals surface area contributed by atoms with Crippen LogP contribution in [0.5, 0.6) is 0 Å². The van der Waals surface area contributed by atoms with Crippen LogP contribution in [-0.4, -0.2) is 33.9 Å². The fraction of sp³-hybridized carbons (Fsp3) is 0.600. The van der Waals surface area contributed by atoms with Crippen molar-refractivity contribution >= 4 is 17.6 Å². The first kappa shape index (κ1) is 16.4. The number of rotatable bonds is 4. The van der Waals surface area contributed by atoms with Crippen LogP contribution in [0.15, 0.2) is 6.20 Å². The fourth-order valence-corrected chi connectivity index (χ4v) is 2.47. The average molecular weight is 305 g/mol. The van der Waals surface area contributed by atoms with Crippen molar-refractivity contribution in [3.8, 4) is 0 Å². The van der Waals surface area contributed by atoms with E-state index in [4.69, 9.17) is 5.73 Å². The minimum absolute atomic E-state index is 0.180. The topological polar surface area (TPSA) is 110 Å². The number of anilines is 1. The highest BCUT2D eigenvalue weighted by molar-refractivity contribution is 6.03. The normalized spacial score (nSPS) is 16.9. The van der Waals surface area contributed by atoms with Crippen LogP contribution >= 0.6 is 0 Å². The lowest BCUT2D eigenvalue weighted by molar-refractivity contribution is -0.117. The number of carbonyl (C=O) groups is 2. The molecular formula is C15H23N5O2. The molecule has 1 aromatic heterocycles. The van der Waals surface area contributed by atoms with E-state index in [2.05, 4.69) is 20.6 Å². The summed E-state index contributed by atoms with van der Waals surface area (Å²) < 4.78 is 0. The minimum Gasteiger partial charge on any atom is -0.349 e. The molecule has 22 heavy (non-hydrogen) atoms. The average Bonchev–Trinajstić information content (AvgIpc) is 2.48. The van der Waals surface area contributed by atoms with E-state index in [9.17, 15) is 9.59 Å². The third kappa shape index (κ3) is 4.24. The Morgan fingerprint density at radius 1 is 1.32 bits per heavy atom. The number of carbonyl (C=O) groups excluding carboxylic acids is 2. The van der Waals surface area contributed by atoms with E-state index >= 15 is 0 Å². The molecule has 0 aliphatic heterocycles. The Morgan fingerprint density at radius 2 is 2.00 bits per heavy atom. The lowest BCUT2D eigenvalue weighted by Gasteiger charge is -2.23. The van der Waals surface area contributed by atoms with Gasteiger partial charge in [0.2, 0.25) is 5.91 Å². The molecule has 2 amide bonds. The number of amides is 2. The standard InChI is InChI=1S/C15H23N5O2/c1-9(16)14(21)20-13-12(8-17-10(2)18-13)15(22)19-11-6-4-3-5-7-11/h8-9,11H,3-7,16H2,1-2H3,(H,19,22)(H,17,18,20,21). The summed E-state index contributed by atoms with van der Waals surface area (Å²) >= 11 is 0. The molecule has 2 rings (SSSR count). The summed E-state index contributed by atoms with van der Waals surface area (Å²) in [6.07, 6.45) is 6.89. The highest BCUT2D eigenvalue weighted by Crippen LogP contribution is 2.19. The van der Waals surface area contributed by atoms with Gasteiger partial charge in [-0.25, -0.2) is 9.97 Å². The van der Waals surface area contributed by atoms with Gasteiger partial charge in [-0.1, -0.05) is 19.3 Å². The van der Waals surface area contributed by atoms with E-state index in [1.807, 2.05) is 0 Å². The molecule has 0 radical (unpaired) electrons. The van der Waals surface area contributed by atoms with Crippen LogP contribution in [0, 0.1) is 6.92 Å². The van der Waals surface area contributed by atoms with Crippen LogP contribution in [0.4, 0.5) is 5.82 Å². The van der Waals surface area contributed by atoms with Crippen LogP contribution in [0.25, 0.3) is 0 Å². The van der Waals surface area contributed by atoms with E-state index in [-0.39, 0.29) is 29.2 Å². The maximum atomic E-state index is 12.4. The number of nitrogens with two attached hydrogens (primary N) is 1. The zero-order chi connectivity index (χ0) is 16.1. The number of nitrogens with one attached hydrogen (secondary N) is 2. The van der Waals surface area contributed by atoms with E-state index in [0.29, 0.717) is 5.82 Å². The summed E-state index contributed by atoms with van der Waals surface area (Å²) in [6.45, 7) is 3.27. The maximum absolute atomic E-state index is 12.4. The predicted octanol–water partition coefficient (Wildman–Crippen LogP) is 1.13. The van der Waals surface area contributed by atoms with Crippen LogP contribution in [0.1, 0.15) is 55.2 Å². The van der Waals surface area contributed by atoms with Gasteiger partial charge in [-0.15, -0.1) is 0 Å². The van der Waals surface area contributed by atoms with Crippen molar-refractivity contribution in [2.45, 2.75) is 58.0 Å². The third-order valence-electron chi connectivity index (χ3n) is 3.75. The molecule has 1 unspecified atom stereocenters. The van der Waals surface area contributed by atoms with Gasteiger partial charge in [0.1, 0.15) is 17.2 Å². The van der Waals surface area contributed by atoms with E-state index in [1.165, 1.54) is 12.6 Å². The smallest absolute Gasteiger partial charge is 0.256 e. The van der Waals surface area contributed by atoms with Gasteiger partial charge >= 0.3 is 0 Å². The van der Waals surface area contributed by atoms with Crippen LogP contribution in [0.3, 0.4) is 0 Å². The Labute approximate surface area is 130 Å². The van der Waals surface area contributed by atoms with Gasteiger partial charge in [0, 0.05) is 12.2 Å². The molecule has 1 fully saturated rings. The molecule has 7 nitrogen and oxygen atoms in total. The van der Waals surface area contributed by atoms with Crippen LogP contribution in [-0.2, 0) is 4.79 Å². The molecule has 1 atom stereocenters. The molecule has 0 aromatic carbocycles. The number of nitrogens with zero attached hydrogens (tertiary/aromatic N) is 2. The lowest BCUT2D eigenvalue weighted by Crippen LogP contribution is -2.38. The summed E-state index contributed by atoms with van der Waals surface area (Å²) in [5.41, 5.74) is 5.81. The van der Waals surface area contributed by atoms with Crippen molar-refractivity contribution in [2.24, 2.45) is 5.73 Å². The number of hydrogen-bond donors (Lipinski definition) is 3. The van der Waals surface area contributed by atoms with Crippen molar-refractivity contribution in [3.05, 3.63) is 17.6 Å². The molecule has 4 N–H and O–H groups in total. The van der Waals surface area contributed by atoms with Crippen molar-refractivity contribution in [1.82, 2.24) is 15.3 Å². The number of hydrogen-bond acceptors (Lipinski definition) is 5. The third-order valence-corrected chi connectivity index (χ3v) is 3.75. The molecule has 1 aliphatic rings. The van der Waals surface area contributed by atoms with Gasteiger partial charge in [-0.2, -0.15) is 0 Å². The number of aryl methyl sites for hydroxylation is 1. The fourth-order valence-electron chi connectivity index (χ4n) is 2.47. The van der Waals surface area contributed by atoms with Gasteiger partial charge in [0.25, 0.3) is 5.91 Å². The molecule has 7 heteroatoms. The SMILES string of the molecule is Cc1ncc(C(=O)NC2CCCCC2)c(NC(=O)C(C)N)n1. The molecule has 120 valence electrons. The molecule has 0 bridgehead atoms. The maximum Gasteiger partial charge on any atom is 0.256 e. The monoisotopic (exact) mass is 305 g/mol. The van der Waals surface area contributed by atoms with E-state index < -0.39 is 6.04 Å². The first-order valence-electron chi connectivity index (χ1n) is 7.68. The van der Waals surface area contributed by atoms with Gasteiger partial charge in [-0.3, -0.25) is 9.59 Å². The van der Waals surface area contributed by atoms with Crippen LogP contribution in [0.2, 0.25) is 0 Å². The Hall–Kier alpha value is -2.02. The van der Waals surface area contributed by atoms with Gasteiger partial charge < -0.3 is 16.4 Å². The van der Waals surface area contributed by atoms with Crippen LogP contribution < -0.4 is 16.4 Å². The first-order valence-corrected chi connectivity index (χ1v) is 7.68. The quantitative estimate of drug-likeness (QED) is 0.772. The molecule has 1 heterocycles. The van der Waals surface area contributed by atoms with Crippen molar-refractivity contribution in [2.75, 3.05) is 5.32 Å². The van der Waals surface area contributed by atoms with Crippen molar-refractivity contribution in [1.29, 1.82) is 0 Å². The molecular weight excluding hydrogens is 282 g/mol. The van der Waals surface area contributed by atoms with Gasteiger partial charge in [0.05, 0.1) is 6.04 Å². The Balaban J connectivity index is 2.14. The Morgan fingerprint density at radius 3 is 2.64 bits per heavy atom. The summed E-state index contributed by atoms with van der Waals surface area (Å²) in [5.74, 6) is 0.0500. The zero-order valence-corrected chi connectivity index (χ0v) is 13.1. The molecule has 1 saturated carbocycles. The first-order chi connectivity index (χ1) is 10.5. The van der Waals surface area contributed by atoms with E-state index in [0.717, 1.165) is 25.7 Å². The largest absolute Gasteiger partial charge is 0.349 e. The summed E-state index contributed by atoms with van der Waals surface area (Å²) in [4.78, 5) is 32.4. The molecule has 0 spiro atoms. The lowest BCUT2D eigenvalue weighted by atomic mass is 9.95. The molecule has 1 aromatic rings. The summed E-state index contributed by atoms with van der Waals surface area (Å²) in [6, 6.07) is -0.496. The second kappa shape index (κ2) is 7.31. The Kier molecular flexibility index (Phi) is 5.43. The summed E-state index contributed by atoms with van der Waals surface area (Å²) in [7, 11) is 0. The van der Waals surface area contributed by atoms with E-state index in [1.54, 1.807) is 13.8 Å². The highest BCUT2D eigenvalue weighted by Gasteiger charge is 2.21. The highest BCUT2D eigenvalue weighted by atomic mass is 16.2. The van der Waals surface area contributed by atoms with Crippen molar-refractivity contribution in [3.63, 3.8) is 0 Å². The Bertz CT molecular complexity index is 553. The molecule has 1 aliphatic carbocycles. The molecule has 0 saturated heterocycles. The second-order valence-corrected chi connectivity index (χ2v) is 5.77. The summed E-state index contributed by atoms with van der Waals surface area (Å²) in [5, 5.41) is 5.59. The predicted molar refractivity (Wildman–Crippen MR) is 83.4 cm³/mol. The zero-order valence-electron chi connectivity index (χ0n) is 13.1. The van der Waals surface area contributed by atoms with Gasteiger partial charge in [0.15, 0.2) is 0 Å². The van der Waals surface area contributed by atoms with Crippen molar-refractivity contribution < 1.29 is 9.59 Å². The minimum atomic E-state index is -0.676. The second-order valence-electron chi connectivity index (χ2n) is 5.77. The van der Waals surface area contributed by atoms with Gasteiger partial charge in [-0.05, 0) is 26.7 Å². The number of aromatic nitrogens is 2.